The van der Waals surface area contributed by atoms with Crippen LogP contribution in [0.5, 0.6) is 0 Å². The van der Waals surface area contributed by atoms with Crippen LogP contribution in [0.2, 0.25) is 0 Å². The molecule has 0 fully saturated rings. The van der Waals surface area contributed by atoms with E-state index in [1.54, 1.807) is 0 Å². The van der Waals surface area contributed by atoms with Crippen LogP contribution in [0.4, 0.5) is 0 Å². The van der Waals surface area contributed by atoms with E-state index in [-0.39, 0.29) is 0 Å². The molecular weight excluding hydrogens is 226 g/mol. The van der Waals surface area contributed by atoms with Gasteiger partial charge in [0.1, 0.15) is 12.4 Å². The van der Waals surface area contributed by atoms with E-state index in [9.17, 15) is 0 Å². The minimum absolute atomic E-state index is 0.533. The van der Waals surface area contributed by atoms with Crippen molar-refractivity contribution in [2.45, 2.75) is 33.4 Å². The molecule has 4 nitrogen and oxygen atoms in total. The van der Waals surface area contributed by atoms with Crippen LogP contribution in [0.15, 0.2) is 18.2 Å². The molecule has 0 spiro atoms. The monoisotopic (exact) mass is 247 g/mol. The molecule has 4 heteroatoms. The zero-order valence-corrected chi connectivity index (χ0v) is 11.1. The maximum atomic E-state index is 5.51. The summed E-state index contributed by atoms with van der Waals surface area (Å²) in [6, 6.07) is 6.38. The zero-order valence-electron chi connectivity index (χ0n) is 11.1. The molecule has 1 heterocycles. The highest BCUT2D eigenvalue weighted by molar-refractivity contribution is 5.76. The molecule has 2 N–H and O–H groups in total. The van der Waals surface area contributed by atoms with Crippen LogP contribution in [-0.4, -0.2) is 22.7 Å². The first kappa shape index (κ1) is 13.1. The van der Waals surface area contributed by atoms with Crippen molar-refractivity contribution < 1.29 is 4.74 Å². The molecule has 1 aromatic heterocycles. The summed E-state index contributed by atoms with van der Waals surface area (Å²) >= 11 is 0. The lowest BCUT2D eigenvalue weighted by Crippen LogP contribution is -2.11. The highest BCUT2D eigenvalue weighted by atomic mass is 16.5. The topological polar surface area (TPSA) is 53.1 Å². The minimum Gasteiger partial charge on any atom is -0.372 e. The second-order valence-electron chi connectivity index (χ2n) is 4.51. The highest BCUT2D eigenvalue weighted by Gasteiger charge is 2.10. The molecule has 2 aromatic rings. The molecule has 0 amide bonds. The Kier molecular flexibility index (Phi) is 4.33. The van der Waals surface area contributed by atoms with E-state index in [4.69, 9.17) is 10.5 Å². The van der Waals surface area contributed by atoms with Crippen molar-refractivity contribution in [2.75, 3.05) is 13.2 Å². The van der Waals surface area contributed by atoms with Gasteiger partial charge in [-0.05, 0) is 31.0 Å². The summed E-state index contributed by atoms with van der Waals surface area (Å²) in [5, 5.41) is 0. The number of nitrogens with two attached hydrogens (primary N) is 1. The van der Waals surface area contributed by atoms with E-state index < -0.39 is 0 Å². The fourth-order valence-corrected chi connectivity index (χ4v) is 2.12. The molecule has 0 aliphatic carbocycles. The summed E-state index contributed by atoms with van der Waals surface area (Å²) in [7, 11) is 0. The summed E-state index contributed by atoms with van der Waals surface area (Å²) < 4.78 is 7.75. The number of fused-ring (bicyclic) bond motifs is 1. The first-order valence-corrected chi connectivity index (χ1v) is 6.49. The Hall–Kier alpha value is -1.39. The number of aromatic nitrogens is 2. The molecule has 0 saturated carbocycles. The molecule has 0 unspecified atom stereocenters. The summed E-state index contributed by atoms with van der Waals surface area (Å²) in [5.74, 6) is 0.992. The molecule has 0 atom stereocenters. The van der Waals surface area contributed by atoms with Crippen LogP contribution in [0.25, 0.3) is 11.0 Å². The molecule has 0 saturated heterocycles. The highest BCUT2D eigenvalue weighted by Crippen LogP contribution is 2.18. The van der Waals surface area contributed by atoms with Crippen molar-refractivity contribution >= 4 is 11.0 Å². The molecule has 0 radical (unpaired) electrons. The van der Waals surface area contributed by atoms with Gasteiger partial charge in [-0.25, -0.2) is 4.98 Å². The fourth-order valence-electron chi connectivity index (χ4n) is 2.12. The average Bonchev–Trinajstić information content (AvgIpc) is 2.68. The summed E-state index contributed by atoms with van der Waals surface area (Å²) in [5.41, 5.74) is 8.91. The van der Waals surface area contributed by atoms with Crippen LogP contribution in [0.3, 0.4) is 0 Å². The molecular formula is C14H21N3O. The van der Waals surface area contributed by atoms with Crippen molar-refractivity contribution in [2.24, 2.45) is 5.73 Å². The van der Waals surface area contributed by atoms with E-state index >= 15 is 0 Å². The molecule has 0 aliphatic rings. The van der Waals surface area contributed by atoms with Crippen LogP contribution in [-0.2, 0) is 17.9 Å². The van der Waals surface area contributed by atoms with Gasteiger partial charge in [-0.3, -0.25) is 0 Å². The number of hydrogen-bond acceptors (Lipinski definition) is 3. The lowest BCUT2D eigenvalue weighted by Gasteiger charge is -2.07. The van der Waals surface area contributed by atoms with Crippen molar-refractivity contribution in [1.29, 1.82) is 0 Å². The van der Waals surface area contributed by atoms with E-state index in [0.29, 0.717) is 19.8 Å². The Balaban J connectivity index is 2.34. The van der Waals surface area contributed by atoms with Gasteiger partial charge in [0.2, 0.25) is 0 Å². The lowest BCUT2D eigenvalue weighted by molar-refractivity contribution is 0.120. The van der Waals surface area contributed by atoms with Gasteiger partial charge in [-0.15, -0.1) is 0 Å². The predicted molar refractivity (Wildman–Crippen MR) is 73.5 cm³/mol. The molecule has 1 aromatic carbocycles. The van der Waals surface area contributed by atoms with E-state index in [1.807, 2.05) is 0 Å². The van der Waals surface area contributed by atoms with Crippen LogP contribution < -0.4 is 5.73 Å². The number of benzene rings is 1. The quantitative estimate of drug-likeness (QED) is 0.796. The SMILES string of the molecule is CCCn1c(COCCN)nc2cc(C)ccc21. The molecule has 0 bridgehead atoms. The maximum Gasteiger partial charge on any atom is 0.135 e. The van der Waals surface area contributed by atoms with Crippen molar-refractivity contribution in [3.8, 4) is 0 Å². The fraction of sp³-hybridized carbons (Fsp3) is 0.500. The zero-order chi connectivity index (χ0) is 13.0. The van der Waals surface area contributed by atoms with Gasteiger partial charge in [-0.1, -0.05) is 13.0 Å². The smallest absolute Gasteiger partial charge is 0.135 e. The number of aryl methyl sites for hydroxylation is 2. The Labute approximate surface area is 108 Å². The largest absolute Gasteiger partial charge is 0.372 e. The molecule has 18 heavy (non-hydrogen) atoms. The normalized spacial score (nSPS) is 11.3. The predicted octanol–water partition coefficient (Wildman–Crippen LogP) is 2.23. The Bertz CT molecular complexity index is 519. The number of hydrogen-bond donors (Lipinski definition) is 1. The van der Waals surface area contributed by atoms with Gasteiger partial charge in [0.15, 0.2) is 0 Å². The third-order valence-corrected chi connectivity index (χ3v) is 2.92. The second-order valence-corrected chi connectivity index (χ2v) is 4.51. The van der Waals surface area contributed by atoms with Crippen molar-refractivity contribution in [3.05, 3.63) is 29.6 Å². The van der Waals surface area contributed by atoms with Gasteiger partial charge in [-0.2, -0.15) is 0 Å². The number of ether oxygens (including phenoxy) is 1. The summed E-state index contributed by atoms with van der Waals surface area (Å²) in [6.07, 6.45) is 1.09. The molecule has 2 rings (SSSR count). The van der Waals surface area contributed by atoms with Crippen LogP contribution in [0, 0.1) is 6.92 Å². The first-order valence-electron chi connectivity index (χ1n) is 6.49. The maximum absolute atomic E-state index is 5.51. The van der Waals surface area contributed by atoms with Crippen LogP contribution in [0.1, 0.15) is 24.7 Å². The molecule has 0 aliphatic heterocycles. The van der Waals surface area contributed by atoms with Gasteiger partial charge in [0.05, 0.1) is 17.6 Å². The third-order valence-electron chi connectivity index (χ3n) is 2.92. The first-order chi connectivity index (χ1) is 8.76. The van der Waals surface area contributed by atoms with Gasteiger partial charge in [0, 0.05) is 13.1 Å². The average molecular weight is 247 g/mol. The standard InChI is InChI=1S/C14H21N3O/c1-3-7-17-13-5-4-11(2)9-12(13)16-14(17)10-18-8-6-15/h4-5,9H,3,6-8,10,15H2,1-2H3. The van der Waals surface area contributed by atoms with E-state index in [1.165, 1.54) is 11.1 Å². The van der Waals surface area contributed by atoms with Crippen molar-refractivity contribution in [1.82, 2.24) is 9.55 Å². The van der Waals surface area contributed by atoms with Gasteiger partial charge >= 0.3 is 0 Å². The van der Waals surface area contributed by atoms with Crippen LogP contribution >= 0.6 is 0 Å². The summed E-state index contributed by atoms with van der Waals surface area (Å²) in [4.78, 5) is 4.66. The Morgan fingerprint density at radius 1 is 1.39 bits per heavy atom. The van der Waals surface area contributed by atoms with Crippen molar-refractivity contribution in [3.63, 3.8) is 0 Å². The van der Waals surface area contributed by atoms with E-state index in [2.05, 4.69) is 41.6 Å². The Morgan fingerprint density at radius 2 is 2.22 bits per heavy atom. The Morgan fingerprint density at radius 3 is 2.94 bits per heavy atom. The van der Waals surface area contributed by atoms with Gasteiger partial charge < -0.3 is 15.0 Å². The van der Waals surface area contributed by atoms with Gasteiger partial charge in [0.25, 0.3) is 0 Å². The third kappa shape index (κ3) is 2.71. The minimum atomic E-state index is 0.533. The lowest BCUT2D eigenvalue weighted by atomic mass is 10.2. The number of imidazole rings is 1. The van der Waals surface area contributed by atoms with E-state index in [0.717, 1.165) is 24.3 Å². The second kappa shape index (κ2) is 5.98. The number of nitrogens with zero attached hydrogens (tertiary/aromatic N) is 2. The summed E-state index contributed by atoms with van der Waals surface area (Å²) in [6.45, 7) is 6.89. The number of rotatable bonds is 6. The molecule has 98 valence electrons.